The van der Waals surface area contributed by atoms with Crippen molar-refractivity contribution in [2.24, 2.45) is 0 Å². The van der Waals surface area contributed by atoms with Crippen LogP contribution in [0.3, 0.4) is 0 Å². The van der Waals surface area contributed by atoms with Crippen LogP contribution in [-0.4, -0.2) is 11.7 Å². The lowest BCUT2D eigenvalue weighted by atomic mass is 10.1. The monoisotopic (exact) mass is 361 g/mol. The Labute approximate surface area is 128 Å². The average Bonchev–Trinajstić information content (AvgIpc) is 2.39. The lowest BCUT2D eigenvalue weighted by molar-refractivity contribution is 0.186. The smallest absolute Gasteiger partial charge is 0.131 e. The Bertz CT molecular complexity index is 624. The molecule has 2 aromatic rings. The highest BCUT2D eigenvalue weighted by atomic mass is 79.9. The molecular formula is C14H11BrClF2NO. The Hall–Kier alpha value is -1.17. The van der Waals surface area contributed by atoms with Crippen LogP contribution < -0.4 is 5.32 Å². The highest BCUT2D eigenvalue weighted by Gasteiger charge is 2.14. The van der Waals surface area contributed by atoms with Crippen molar-refractivity contribution in [2.75, 3.05) is 11.9 Å². The Morgan fingerprint density at radius 1 is 1.20 bits per heavy atom. The minimum absolute atomic E-state index is 0.0389. The van der Waals surface area contributed by atoms with Crippen molar-refractivity contribution in [1.82, 2.24) is 0 Å². The molecule has 6 heteroatoms. The van der Waals surface area contributed by atoms with Gasteiger partial charge in [-0.3, -0.25) is 0 Å². The van der Waals surface area contributed by atoms with E-state index in [0.29, 0.717) is 10.7 Å². The van der Waals surface area contributed by atoms with Crippen LogP contribution in [0.5, 0.6) is 0 Å². The molecule has 0 aliphatic carbocycles. The van der Waals surface area contributed by atoms with Crippen molar-refractivity contribution in [3.63, 3.8) is 0 Å². The lowest BCUT2D eigenvalue weighted by Crippen LogP contribution is -2.14. The molecule has 2 aromatic carbocycles. The zero-order valence-corrected chi connectivity index (χ0v) is 12.5. The summed E-state index contributed by atoms with van der Waals surface area (Å²) in [4.78, 5) is 0. The van der Waals surface area contributed by atoms with Gasteiger partial charge in [0.2, 0.25) is 0 Å². The van der Waals surface area contributed by atoms with Crippen LogP contribution in [0.15, 0.2) is 40.9 Å². The number of halogens is 4. The van der Waals surface area contributed by atoms with Gasteiger partial charge in [0.25, 0.3) is 0 Å². The fourth-order valence-electron chi connectivity index (χ4n) is 1.72. The molecule has 0 saturated heterocycles. The predicted octanol–water partition coefficient (Wildman–Crippen LogP) is 4.53. The van der Waals surface area contributed by atoms with Gasteiger partial charge >= 0.3 is 0 Å². The molecule has 0 saturated carbocycles. The number of hydrogen-bond acceptors (Lipinski definition) is 2. The van der Waals surface area contributed by atoms with E-state index < -0.39 is 17.7 Å². The molecule has 0 aliphatic heterocycles. The molecule has 1 atom stereocenters. The topological polar surface area (TPSA) is 32.3 Å². The van der Waals surface area contributed by atoms with Gasteiger partial charge in [-0.05, 0) is 40.2 Å². The van der Waals surface area contributed by atoms with Crippen LogP contribution in [0.25, 0.3) is 0 Å². The molecule has 0 heterocycles. The number of nitrogens with one attached hydrogen (secondary N) is 1. The van der Waals surface area contributed by atoms with Gasteiger partial charge in [-0.2, -0.15) is 0 Å². The maximum Gasteiger partial charge on any atom is 0.131 e. The second-order valence-corrected chi connectivity index (χ2v) is 5.48. The fourth-order valence-corrected chi connectivity index (χ4v) is 2.28. The summed E-state index contributed by atoms with van der Waals surface area (Å²) in [6, 6.07) is 8.23. The first-order valence-corrected chi connectivity index (χ1v) is 6.96. The highest BCUT2D eigenvalue weighted by molar-refractivity contribution is 9.10. The molecule has 2 nitrogen and oxygen atoms in total. The molecule has 20 heavy (non-hydrogen) atoms. The van der Waals surface area contributed by atoms with Gasteiger partial charge in [-0.25, -0.2) is 8.78 Å². The maximum atomic E-state index is 13.5. The summed E-state index contributed by atoms with van der Waals surface area (Å²) in [5.74, 6) is -1.45. The molecule has 0 radical (unpaired) electrons. The van der Waals surface area contributed by atoms with Crippen molar-refractivity contribution in [1.29, 1.82) is 0 Å². The first-order valence-electron chi connectivity index (χ1n) is 5.79. The van der Waals surface area contributed by atoms with Crippen LogP contribution in [-0.2, 0) is 0 Å². The molecule has 106 valence electrons. The summed E-state index contributed by atoms with van der Waals surface area (Å²) >= 11 is 9.20. The highest BCUT2D eigenvalue weighted by Crippen LogP contribution is 2.27. The zero-order valence-electron chi connectivity index (χ0n) is 10.2. The second kappa shape index (κ2) is 6.52. The SMILES string of the molecule is OC(CNc1cc(Cl)ccc1Br)c1ccc(F)cc1F. The number of benzene rings is 2. The number of hydrogen-bond donors (Lipinski definition) is 2. The molecule has 2 rings (SSSR count). The van der Waals surface area contributed by atoms with Crippen LogP contribution in [0.2, 0.25) is 5.02 Å². The first kappa shape index (κ1) is 15.2. The van der Waals surface area contributed by atoms with Gasteiger partial charge in [-0.1, -0.05) is 17.7 Å². The van der Waals surface area contributed by atoms with E-state index >= 15 is 0 Å². The minimum Gasteiger partial charge on any atom is -0.386 e. The van der Waals surface area contributed by atoms with Crippen molar-refractivity contribution >= 4 is 33.2 Å². The average molecular weight is 363 g/mol. The lowest BCUT2D eigenvalue weighted by Gasteiger charge is -2.15. The second-order valence-electron chi connectivity index (χ2n) is 4.19. The van der Waals surface area contributed by atoms with E-state index in [2.05, 4.69) is 21.2 Å². The van der Waals surface area contributed by atoms with E-state index in [1.54, 1.807) is 18.2 Å². The van der Waals surface area contributed by atoms with E-state index in [4.69, 9.17) is 11.6 Å². The summed E-state index contributed by atoms with van der Waals surface area (Å²) < 4.78 is 27.1. The summed E-state index contributed by atoms with van der Waals surface area (Å²) in [5, 5.41) is 13.4. The third kappa shape index (κ3) is 3.69. The van der Waals surface area contributed by atoms with Crippen molar-refractivity contribution < 1.29 is 13.9 Å². The van der Waals surface area contributed by atoms with Crippen molar-refractivity contribution in [3.8, 4) is 0 Å². The Morgan fingerprint density at radius 2 is 1.95 bits per heavy atom. The molecule has 0 aliphatic rings. The standard InChI is InChI=1S/C14H11BrClF2NO/c15-11-4-1-8(16)5-13(11)19-7-14(20)10-3-2-9(17)6-12(10)18/h1-6,14,19-20H,7H2. The summed E-state index contributed by atoms with van der Waals surface area (Å²) in [6.45, 7) is 0.0709. The zero-order chi connectivity index (χ0) is 14.7. The molecule has 0 bridgehead atoms. The Morgan fingerprint density at radius 3 is 2.65 bits per heavy atom. The van der Waals surface area contributed by atoms with Gasteiger partial charge in [0.1, 0.15) is 11.6 Å². The summed E-state index contributed by atoms with van der Waals surface area (Å²) in [5.41, 5.74) is 0.719. The quantitative estimate of drug-likeness (QED) is 0.838. The predicted molar refractivity (Wildman–Crippen MR) is 79.0 cm³/mol. The van der Waals surface area contributed by atoms with E-state index in [9.17, 15) is 13.9 Å². The largest absolute Gasteiger partial charge is 0.386 e. The molecule has 2 N–H and O–H groups in total. The van der Waals surface area contributed by atoms with Crippen LogP contribution in [0.1, 0.15) is 11.7 Å². The normalized spacial score (nSPS) is 12.2. The summed E-state index contributed by atoms with van der Waals surface area (Å²) in [7, 11) is 0. The molecule has 0 spiro atoms. The van der Waals surface area contributed by atoms with Crippen LogP contribution in [0.4, 0.5) is 14.5 Å². The molecular weight excluding hydrogens is 352 g/mol. The number of aliphatic hydroxyl groups is 1. The van der Waals surface area contributed by atoms with E-state index in [0.717, 1.165) is 16.6 Å². The van der Waals surface area contributed by atoms with Gasteiger partial charge < -0.3 is 10.4 Å². The molecule has 0 fully saturated rings. The van der Waals surface area contributed by atoms with Crippen LogP contribution >= 0.6 is 27.5 Å². The van der Waals surface area contributed by atoms with Gasteiger partial charge in [0.05, 0.1) is 11.8 Å². The maximum absolute atomic E-state index is 13.5. The van der Waals surface area contributed by atoms with Gasteiger partial charge in [0, 0.05) is 27.7 Å². The Balaban J connectivity index is 2.08. The Kier molecular flexibility index (Phi) is 4.96. The van der Waals surface area contributed by atoms with Crippen LogP contribution in [0, 0.1) is 11.6 Å². The third-order valence-corrected chi connectivity index (χ3v) is 3.66. The third-order valence-electron chi connectivity index (χ3n) is 2.74. The minimum atomic E-state index is -1.10. The van der Waals surface area contributed by atoms with E-state index in [1.807, 2.05) is 0 Å². The van der Waals surface area contributed by atoms with Crippen molar-refractivity contribution in [2.45, 2.75) is 6.10 Å². The van der Waals surface area contributed by atoms with Gasteiger partial charge in [-0.15, -0.1) is 0 Å². The van der Waals surface area contributed by atoms with E-state index in [-0.39, 0.29) is 12.1 Å². The molecule has 1 unspecified atom stereocenters. The number of aliphatic hydroxyl groups excluding tert-OH is 1. The molecule has 0 aromatic heterocycles. The fraction of sp³-hybridized carbons (Fsp3) is 0.143. The number of rotatable bonds is 4. The summed E-state index contributed by atoms with van der Waals surface area (Å²) in [6.07, 6.45) is -1.10. The van der Waals surface area contributed by atoms with Crippen molar-refractivity contribution in [3.05, 3.63) is 63.1 Å². The van der Waals surface area contributed by atoms with E-state index in [1.165, 1.54) is 6.07 Å². The molecule has 0 amide bonds. The first-order chi connectivity index (χ1) is 9.47. The number of anilines is 1. The van der Waals surface area contributed by atoms with Gasteiger partial charge in [0.15, 0.2) is 0 Å².